The summed E-state index contributed by atoms with van der Waals surface area (Å²) in [5.74, 6) is -0.500. The van der Waals surface area contributed by atoms with E-state index >= 15 is 0 Å². The fourth-order valence-electron chi connectivity index (χ4n) is 2.69. The Morgan fingerprint density at radius 1 is 1.07 bits per heavy atom. The third kappa shape index (κ3) is 5.87. The van der Waals surface area contributed by atoms with Gasteiger partial charge in [0, 0.05) is 5.56 Å². The molecule has 158 valence electrons. The Balaban J connectivity index is 3.37. The maximum Gasteiger partial charge on any atom is 0.328 e. The first-order valence-corrected chi connectivity index (χ1v) is 11.8. The fraction of sp³-hybridized carbons (Fsp3) is 0.579. The second-order valence-electron chi connectivity index (χ2n) is 7.50. The fourth-order valence-corrected chi connectivity index (χ4v) is 4.24. The average molecular weight is 414 g/mol. The van der Waals surface area contributed by atoms with Crippen LogP contribution in [0, 0.1) is 0 Å². The van der Waals surface area contributed by atoms with Crippen molar-refractivity contribution in [3.63, 3.8) is 0 Å². The minimum absolute atomic E-state index is 0.0970. The second-order valence-corrected chi connectivity index (χ2v) is 10.2. The smallest absolute Gasteiger partial charge is 0.328 e. The molecule has 8 nitrogen and oxygen atoms in total. The minimum atomic E-state index is -1.87. The quantitative estimate of drug-likeness (QED) is 0.621. The molecule has 9 heteroatoms. The molecule has 0 spiro atoms. The van der Waals surface area contributed by atoms with Crippen molar-refractivity contribution in [3.05, 3.63) is 17.7 Å². The van der Waals surface area contributed by atoms with Crippen molar-refractivity contribution in [2.24, 2.45) is 0 Å². The summed E-state index contributed by atoms with van der Waals surface area (Å²) in [5.41, 5.74) is -0.259. The SMILES string of the molecule is COc1cc(C(=O)N(C(COC(C)(C)C)C(=O)O)[SiH](C)C)cc(OC)c1OC. The van der Waals surface area contributed by atoms with Crippen LogP contribution in [0.3, 0.4) is 0 Å². The van der Waals surface area contributed by atoms with Gasteiger partial charge in [-0.15, -0.1) is 0 Å². The summed E-state index contributed by atoms with van der Waals surface area (Å²) < 4.78 is 23.0. The van der Waals surface area contributed by atoms with Gasteiger partial charge in [-0.3, -0.25) is 4.79 Å². The first kappa shape index (κ1) is 23.8. The molecule has 1 amide bonds. The maximum absolute atomic E-state index is 13.3. The number of aliphatic carboxylic acids is 1. The van der Waals surface area contributed by atoms with Crippen LogP contribution in [0.15, 0.2) is 12.1 Å². The summed E-state index contributed by atoms with van der Waals surface area (Å²) in [6, 6.07) is 1.96. The molecule has 1 unspecified atom stereocenters. The van der Waals surface area contributed by atoms with Crippen LogP contribution in [0.1, 0.15) is 31.1 Å². The Labute approximate surface area is 168 Å². The number of carbonyl (C=O) groups is 2. The van der Waals surface area contributed by atoms with E-state index in [1.807, 2.05) is 33.9 Å². The molecule has 0 bridgehead atoms. The van der Waals surface area contributed by atoms with Crippen molar-refractivity contribution in [2.75, 3.05) is 27.9 Å². The van der Waals surface area contributed by atoms with Gasteiger partial charge in [0.05, 0.1) is 33.5 Å². The molecular weight excluding hydrogens is 382 g/mol. The van der Waals surface area contributed by atoms with Crippen LogP contribution < -0.4 is 14.2 Å². The molecule has 1 aromatic rings. The van der Waals surface area contributed by atoms with Gasteiger partial charge < -0.3 is 28.6 Å². The number of benzene rings is 1. The molecule has 0 heterocycles. The molecule has 0 aliphatic carbocycles. The van der Waals surface area contributed by atoms with Crippen molar-refractivity contribution < 1.29 is 33.6 Å². The molecule has 1 N–H and O–H groups in total. The van der Waals surface area contributed by atoms with Crippen molar-refractivity contribution in [2.45, 2.75) is 45.5 Å². The number of ether oxygens (including phenoxy) is 4. The van der Waals surface area contributed by atoms with E-state index in [1.54, 1.807) is 0 Å². The van der Waals surface area contributed by atoms with Gasteiger partial charge in [0.15, 0.2) is 11.5 Å². The predicted octanol–water partition coefficient (Wildman–Crippen LogP) is 2.41. The lowest BCUT2D eigenvalue weighted by Gasteiger charge is -2.34. The Morgan fingerprint density at radius 3 is 1.89 bits per heavy atom. The summed E-state index contributed by atoms with van der Waals surface area (Å²) >= 11 is 0. The molecule has 1 atom stereocenters. The molecule has 1 aromatic carbocycles. The monoisotopic (exact) mass is 413 g/mol. The highest BCUT2D eigenvalue weighted by molar-refractivity contribution is 6.56. The van der Waals surface area contributed by atoms with Gasteiger partial charge in [0.2, 0.25) is 11.7 Å². The topological polar surface area (TPSA) is 94.5 Å². The molecule has 0 radical (unpaired) electrons. The Morgan fingerprint density at radius 2 is 1.57 bits per heavy atom. The van der Waals surface area contributed by atoms with E-state index < -0.39 is 32.5 Å². The molecule has 0 fully saturated rings. The molecule has 0 aliphatic heterocycles. The Hall–Kier alpha value is -2.26. The zero-order valence-electron chi connectivity index (χ0n) is 17.9. The number of carboxylic acids is 1. The maximum atomic E-state index is 13.3. The van der Waals surface area contributed by atoms with Crippen LogP contribution in [0.5, 0.6) is 17.2 Å². The highest BCUT2D eigenvalue weighted by Crippen LogP contribution is 2.38. The number of methoxy groups -OCH3 is 3. The van der Waals surface area contributed by atoms with E-state index in [4.69, 9.17) is 18.9 Å². The first-order valence-electron chi connectivity index (χ1n) is 8.96. The lowest BCUT2D eigenvalue weighted by Crippen LogP contribution is -2.53. The number of carboxylic acid groups (broad SMARTS) is 1. The van der Waals surface area contributed by atoms with Crippen LogP contribution in [0.2, 0.25) is 13.1 Å². The third-order valence-electron chi connectivity index (χ3n) is 4.00. The summed E-state index contributed by atoms with van der Waals surface area (Å²) in [4.78, 5) is 25.2. The summed E-state index contributed by atoms with van der Waals surface area (Å²) in [7, 11) is 2.51. The van der Waals surface area contributed by atoms with E-state index in [2.05, 4.69) is 0 Å². The summed E-state index contributed by atoms with van der Waals surface area (Å²) in [6.45, 7) is 9.20. The van der Waals surface area contributed by atoms with Crippen LogP contribution >= 0.6 is 0 Å². The highest BCUT2D eigenvalue weighted by Gasteiger charge is 2.34. The van der Waals surface area contributed by atoms with E-state index in [0.29, 0.717) is 17.2 Å². The Bertz CT molecular complexity index is 675. The number of hydrogen-bond acceptors (Lipinski definition) is 6. The lowest BCUT2D eigenvalue weighted by atomic mass is 10.1. The van der Waals surface area contributed by atoms with Crippen LogP contribution in [-0.2, 0) is 9.53 Å². The number of rotatable bonds is 9. The largest absolute Gasteiger partial charge is 0.493 e. The van der Waals surface area contributed by atoms with Gasteiger partial charge in [-0.2, -0.15) is 0 Å². The predicted molar refractivity (Wildman–Crippen MR) is 108 cm³/mol. The van der Waals surface area contributed by atoms with E-state index in [-0.39, 0.29) is 12.2 Å². The van der Waals surface area contributed by atoms with E-state index in [1.165, 1.54) is 38.0 Å². The van der Waals surface area contributed by atoms with E-state index in [9.17, 15) is 14.7 Å². The average Bonchev–Trinajstić information content (AvgIpc) is 2.61. The van der Waals surface area contributed by atoms with Crippen molar-refractivity contribution in [1.29, 1.82) is 0 Å². The van der Waals surface area contributed by atoms with Gasteiger partial charge in [0.1, 0.15) is 15.0 Å². The van der Waals surface area contributed by atoms with Gasteiger partial charge in [-0.1, -0.05) is 13.1 Å². The molecule has 0 saturated carbocycles. The van der Waals surface area contributed by atoms with Crippen molar-refractivity contribution in [1.82, 2.24) is 4.57 Å². The second kappa shape index (κ2) is 9.79. The molecule has 0 saturated heterocycles. The molecule has 28 heavy (non-hydrogen) atoms. The van der Waals surface area contributed by atoms with Gasteiger partial charge in [-0.25, -0.2) is 4.79 Å². The number of hydrogen-bond donors (Lipinski definition) is 1. The normalized spacial score (nSPS) is 12.5. The highest BCUT2D eigenvalue weighted by atomic mass is 28.3. The van der Waals surface area contributed by atoms with Gasteiger partial charge in [0.25, 0.3) is 0 Å². The number of nitrogens with zero attached hydrogens (tertiary/aromatic N) is 1. The number of carbonyl (C=O) groups excluding carboxylic acids is 1. The van der Waals surface area contributed by atoms with Gasteiger partial charge >= 0.3 is 5.97 Å². The zero-order chi connectivity index (χ0) is 21.6. The zero-order valence-corrected chi connectivity index (χ0v) is 19.0. The van der Waals surface area contributed by atoms with E-state index in [0.717, 1.165) is 0 Å². The third-order valence-corrected chi connectivity index (χ3v) is 5.70. The molecule has 0 aromatic heterocycles. The molecule has 1 rings (SSSR count). The Kier molecular flexibility index (Phi) is 8.31. The summed E-state index contributed by atoms with van der Waals surface area (Å²) in [5, 5.41) is 9.75. The minimum Gasteiger partial charge on any atom is -0.493 e. The lowest BCUT2D eigenvalue weighted by molar-refractivity contribution is -0.144. The number of amides is 1. The van der Waals surface area contributed by atoms with Crippen LogP contribution in [-0.4, -0.2) is 70.1 Å². The summed E-state index contributed by atoms with van der Waals surface area (Å²) in [6.07, 6.45) is 0. The molecule has 0 aliphatic rings. The van der Waals surface area contributed by atoms with Crippen molar-refractivity contribution in [3.8, 4) is 17.2 Å². The first-order chi connectivity index (χ1) is 13.0. The molecular formula is C19H31NO7Si. The van der Waals surface area contributed by atoms with Crippen LogP contribution in [0.25, 0.3) is 0 Å². The standard InChI is InChI=1S/C19H31NO7Si/c1-19(2,3)27-11-13(18(22)23)20(28(7)8)17(21)12-9-14(24-4)16(26-6)15(10-12)25-5/h9-10,13,28H,11H2,1-8H3,(H,22,23). The van der Waals surface area contributed by atoms with Crippen LogP contribution in [0.4, 0.5) is 0 Å². The van der Waals surface area contributed by atoms with Crippen molar-refractivity contribution >= 4 is 20.8 Å². The van der Waals surface area contributed by atoms with Gasteiger partial charge in [-0.05, 0) is 32.9 Å².